The fourth-order valence-corrected chi connectivity index (χ4v) is 3.13. The first-order chi connectivity index (χ1) is 10.6. The minimum absolute atomic E-state index is 0.0924. The van der Waals surface area contributed by atoms with E-state index in [0.29, 0.717) is 10.6 Å². The molecule has 0 atom stereocenters. The number of carbonyl (C=O) groups is 1. The van der Waals surface area contributed by atoms with Gasteiger partial charge in [-0.15, -0.1) is 0 Å². The highest BCUT2D eigenvalue weighted by atomic mass is 35.5. The van der Waals surface area contributed by atoms with Gasteiger partial charge in [-0.2, -0.15) is 0 Å². The zero-order valence-electron chi connectivity index (χ0n) is 11.9. The summed E-state index contributed by atoms with van der Waals surface area (Å²) in [5.74, 6) is -0.0924. The highest BCUT2D eigenvalue weighted by molar-refractivity contribution is 6.36. The quantitative estimate of drug-likeness (QED) is 0.667. The summed E-state index contributed by atoms with van der Waals surface area (Å²) < 4.78 is 2.07. The van der Waals surface area contributed by atoms with Crippen molar-refractivity contribution < 1.29 is 4.79 Å². The van der Waals surface area contributed by atoms with Crippen LogP contribution in [0.2, 0.25) is 5.02 Å². The van der Waals surface area contributed by atoms with E-state index in [0.717, 1.165) is 27.7 Å². The third kappa shape index (κ3) is 1.94. The van der Waals surface area contributed by atoms with E-state index in [4.69, 9.17) is 11.6 Å². The van der Waals surface area contributed by atoms with Gasteiger partial charge in [-0.05, 0) is 24.3 Å². The molecule has 0 saturated carbocycles. The van der Waals surface area contributed by atoms with Crippen LogP contribution in [0, 0.1) is 0 Å². The number of anilines is 1. The van der Waals surface area contributed by atoms with Gasteiger partial charge in [0, 0.05) is 45.9 Å². The van der Waals surface area contributed by atoms with Gasteiger partial charge in [0.1, 0.15) is 0 Å². The van der Waals surface area contributed by atoms with Crippen LogP contribution in [0.15, 0.2) is 48.7 Å². The molecule has 2 heterocycles. The Balaban J connectivity index is 1.91. The number of aryl methyl sites for hydroxylation is 1. The van der Waals surface area contributed by atoms with Crippen molar-refractivity contribution in [3.05, 3.63) is 64.8 Å². The van der Waals surface area contributed by atoms with Gasteiger partial charge in [0.05, 0.1) is 5.69 Å². The second-order valence-corrected chi connectivity index (χ2v) is 5.85. The van der Waals surface area contributed by atoms with Crippen LogP contribution in [0.4, 0.5) is 5.69 Å². The summed E-state index contributed by atoms with van der Waals surface area (Å²) >= 11 is 5.99. The van der Waals surface area contributed by atoms with E-state index in [1.54, 1.807) is 12.1 Å². The molecule has 0 radical (unpaired) electrons. The van der Waals surface area contributed by atoms with Crippen molar-refractivity contribution in [1.29, 1.82) is 0 Å². The molecule has 4 rings (SSSR count). The Bertz CT molecular complexity index is 953. The number of aromatic nitrogens is 1. The van der Waals surface area contributed by atoms with Crippen molar-refractivity contribution in [2.24, 2.45) is 7.05 Å². The first kappa shape index (κ1) is 13.2. The van der Waals surface area contributed by atoms with E-state index < -0.39 is 0 Å². The zero-order valence-corrected chi connectivity index (χ0v) is 12.7. The Morgan fingerprint density at radius 2 is 2.00 bits per heavy atom. The van der Waals surface area contributed by atoms with Gasteiger partial charge >= 0.3 is 0 Å². The number of halogens is 1. The van der Waals surface area contributed by atoms with Crippen molar-refractivity contribution in [3.63, 3.8) is 0 Å². The molecule has 4 heteroatoms. The number of carbonyl (C=O) groups excluding carboxylic acids is 1. The van der Waals surface area contributed by atoms with Gasteiger partial charge in [-0.1, -0.05) is 35.9 Å². The molecular weight excluding hydrogens is 296 g/mol. The number of benzene rings is 2. The molecule has 22 heavy (non-hydrogen) atoms. The fraction of sp³-hybridized carbons (Fsp3) is 0.0556. The number of rotatable bonds is 1. The molecule has 0 unspecified atom stereocenters. The predicted octanol–water partition coefficient (Wildman–Crippen LogP) is 4.32. The van der Waals surface area contributed by atoms with Crippen LogP contribution >= 0.6 is 11.6 Å². The average Bonchev–Trinajstić information content (AvgIpc) is 2.98. The summed E-state index contributed by atoms with van der Waals surface area (Å²) in [6.07, 6.45) is 3.98. The number of nitrogens with one attached hydrogen (secondary N) is 1. The standard InChI is InChI=1S/C18H13ClN2O/c1-21-10-11(13-4-2-3-5-17(13)21)8-15-14-7-6-12(19)9-16(14)20-18(15)22/h2-10H,1H3,(H,20,22). The largest absolute Gasteiger partial charge is 0.350 e. The Kier molecular flexibility index (Phi) is 2.84. The summed E-state index contributed by atoms with van der Waals surface area (Å²) in [6, 6.07) is 13.6. The van der Waals surface area contributed by atoms with Crippen LogP contribution in [0.1, 0.15) is 11.1 Å². The lowest BCUT2D eigenvalue weighted by Crippen LogP contribution is -2.03. The van der Waals surface area contributed by atoms with Crippen LogP contribution < -0.4 is 5.32 Å². The Morgan fingerprint density at radius 3 is 2.86 bits per heavy atom. The van der Waals surface area contributed by atoms with E-state index in [9.17, 15) is 4.79 Å². The third-order valence-electron chi connectivity index (χ3n) is 3.99. The predicted molar refractivity (Wildman–Crippen MR) is 90.9 cm³/mol. The highest BCUT2D eigenvalue weighted by Gasteiger charge is 2.24. The lowest BCUT2D eigenvalue weighted by Gasteiger charge is -1.98. The van der Waals surface area contributed by atoms with Crippen molar-refractivity contribution >= 4 is 45.7 Å². The number of hydrogen-bond donors (Lipinski definition) is 1. The van der Waals surface area contributed by atoms with Crippen molar-refractivity contribution in [2.45, 2.75) is 0 Å². The van der Waals surface area contributed by atoms with Crippen LogP contribution in [0.5, 0.6) is 0 Å². The Morgan fingerprint density at radius 1 is 1.18 bits per heavy atom. The number of hydrogen-bond acceptors (Lipinski definition) is 1. The first-order valence-corrected chi connectivity index (χ1v) is 7.38. The average molecular weight is 309 g/mol. The van der Waals surface area contributed by atoms with Crippen LogP contribution in [0.25, 0.3) is 22.6 Å². The fourth-order valence-electron chi connectivity index (χ4n) is 2.95. The molecule has 3 nitrogen and oxygen atoms in total. The Labute approximate surface area is 132 Å². The number of amides is 1. The topological polar surface area (TPSA) is 34.0 Å². The maximum atomic E-state index is 12.3. The summed E-state index contributed by atoms with van der Waals surface area (Å²) in [7, 11) is 2.01. The summed E-state index contributed by atoms with van der Waals surface area (Å²) in [4.78, 5) is 12.3. The highest BCUT2D eigenvalue weighted by Crippen LogP contribution is 2.36. The normalized spacial score (nSPS) is 15.4. The van der Waals surface area contributed by atoms with Crippen molar-refractivity contribution in [3.8, 4) is 0 Å². The van der Waals surface area contributed by atoms with E-state index in [-0.39, 0.29) is 5.91 Å². The van der Waals surface area contributed by atoms with Gasteiger partial charge in [0.25, 0.3) is 5.91 Å². The molecule has 0 fully saturated rings. The lowest BCUT2D eigenvalue weighted by molar-refractivity contribution is -0.110. The molecular formula is C18H13ClN2O. The molecule has 108 valence electrons. The molecule has 1 aliphatic rings. The minimum atomic E-state index is -0.0924. The van der Waals surface area contributed by atoms with Crippen molar-refractivity contribution in [2.75, 3.05) is 5.32 Å². The molecule has 3 aromatic rings. The smallest absolute Gasteiger partial charge is 0.256 e. The molecule has 2 aromatic carbocycles. The SMILES string of the molecule is Cn1cc(C=C2C(=O)Nc3cc(Cl)ccc32)c2ccccc21. The number of para-hydroxylation sites is 1. The molecule has 1 amide bonds. The third-order valence-corrected chi connectivity index (χ3v) is 4.23. The van der Waals surface area contributed by atoms with Gasteiger partial charge in [0.2, 0.25) is 0 Å². The molecule has 0 bridgehead atoms. The summed E-state index contributed by atoms with van der Waals surface area (Å²) in [5, 5.41) is 4.61. The molecule has 1 aliphatic heterocycles. The maximum absolute atomic E-state index is 12.3. The van der Waals surface area contributed by atoms with E-state index >= 15 is 0 Å². The lowest BCUT2D eigenvalue weighted by atomic mass is 10.0. The van der Waals surface area contributed by atoms with E-state index in [2.05, 4.69) is 22.0 Å². The van der Waals surface area contributed by atoms with Crippen LogP contribution in [-0.2, 0) is 11.8 Å². The van der Waals surface area contributed by atoms with E-state index in [1.807, 2.05) is 37.5 Å². The molecule has 0 saturated heterocycles. The molecule has 0 spiro atoms. The van der Waals surface area contributed by atoms with Gasteiger partial charge in [-0.25, -0.2) is 0 Å². The first-order valence-electron chi connectivity index (χ1n) is 7.00. The Hall–Kier alpha value is -2.52. The van der Waals surface area contributed by atoms with Crippen LogP contribution in [-0.4, -0.2) is 10.5 Å². The van der Waals surface area contributed by atoms with Gasteiger partial charge in [0.15, 0.2) is 0 Å². The molecule has 1 aromatic heterocycles. The minimum Gasteiger partial charge on any atom is -0.350 e. The van der Waals surface area contributed by atoms with Crippen LogP contribution in [0.3, 0.4) is 0 Å². The van der Waals surface area contributed by atoms with Crippen molar-refractivity contribution in [1.82, 2.24) is 4.57 Å². The second kappa shape index (κ2) is 4.75. The summed E-state index contributed by atoms with van der Waals surface area (Å²) in [5.41, 5.74) is 4.50. The molecule has 0 aliphatic carbocycles. The zero-order chi connectivity index (χ0) is 15.3. The second-order valence-electron chi connectivity index (χ2n) is 5.41. The molecule has 1 N–H and O–H groups in total. The maximum Gasteiger partial charge on any atom is 0.256 e. The monoisotopic (exact) mass is 308 g/mol. The van der Waals surface area contributed by atoms with E-state index in [1.165, 1.54) is 0 Å². The summed E-state index contributed by atoms with van der Waals surface area (Å²) in [6.45, 7) is 0. The number of nitrogens with zero attached hydrogens (tertiary/aromatic N) is 1. The van der Waals surface area contributed by atoms with Gasteiger partial charge in [-0.3, -0.25) is 4.79 Å². The number of fused-ring (bicyclic) bond motifs is 2. The van der Waals surface area contributed by atoms with Gasteiger partial charge < -0.3 is 9.88 Å².